The second-order valence-corrected chi connectivity index (χ2v) is 7.72. The van der Waals surface area contributed by atoms with Crippen LogP contribution in [0.3, 0.4) is 0 Å². The van der Waals surface area contributed by atoms with E-state index in [9.17, 15) is 14.9 Å². The Labute approximate surface area is 169 Å². The Morgan fingerprint density at radius 2 is 1.93 bits per heavy atom. The maximum Gasteiger partial charge on any atom is 0.293 e. The van der Waals surface area contributed by atoms with E-state index in [0.717, 1.165) is 37.9 Å². The smallest absolute Gasteiger partial charge is 0.293 e. The third-order valence-corrected chi connectivity index (χ3v) is 5.50. The molecule has 0 aromatic heterocycles. The molecule has 2 fully saturated rings. The van der Waals surface area contributed by atoms with Gasteiger partial charge in [-0.05, 0) is 43.4 Å². The molecule has 0 spiro atoms. The zero-order chi connectivity index (χ0) is 20.2. The summed E-state index contributed by atoms with van der Waals surface area (Å²) < 4.78 is 6.01. The summed E-state index contributed by atoms with van der Waals surface area (Å²) in [5.74, 6) is -0.0458. The van der Waals surface area contributed by atoms with Crippen LogP contribution in [0.4, 0.5) is 11.4 Å². The fourth-order valence-electron chi connectivity index (χ4n) is 3.77. The van der Waals surface area contributed by atoms with E-state index >= 15 is 0 Å². The van der Waals surface area contributed by atoms with E-state index in [0.29, 0.717) is 17.8 Å². The monoisotopic (exact) mass is 395 g/mol. The molecule has 2 N–H and O–H groups in total. The predicted octanol–water partition coefficient (Wildman–Crippen LogP) is 4.07. The molecule has 1 saturated carbocycles. The molecule has 0 radical (unpaired) electrons. The quantitative estimate of drug-likeness (QED) is 0.545. The number of nitro groups is 1. The van der Waals surface area contributed by atoms with E-state index in [1.807, 2.05) is 18.2 Å². The average Bonchev–Trinajstić information content (AvgIpc) is 3.57. The van der Waals surface area contributed by atoms with Crippen molar-refractivity contribution >= 4 is 17.3 Å². The number of nitrogens with zero attached hydrogens (tertiary/aromatic N) is 1. The van der Waals surface area contributed by atoms with Gasteiger partial charge < -0.3 is 15.4 Å². The lowest BCUT2D eigenvalue weighted by atomic mass is 9.89. The molecule has 0 bridgehead atoms. The van der Waals surface area contributed by atoms with Crippen molar-refractivity contribution < 1.29 is 14.5 Å². The standard InChI is InChI=1S/C22H25N3O4/c26-22(24-18-9-10-18)16-8-11-19(20(13-16)25(27)28)23-14-17-7-4-12-29-21(17)15-5-2-1-3-6-15/h1-3,5-6,8,11,13,17-18,21,23H,4,7,9-10,12,14H2,(H,24,26). The van der Waals surface area contributed by atoms with E-state index in [1.54, 1.807) is 12.1 Å². The van der Waals surface area contributed by atoms with Crippen LogP contribution in [0.25, 0.3) is 0 Å². The number of benzene rings is 2. The van der Waals surface area contributed by atoms with Crippen molar-refractivity contribution in [3.8, 4) is 0 Å². The summed E-state index contributed by atoms with van der Waals surface area (Å²) in [6, 6.07) is 14.9. The minimum absolute atomic E-state index is 0.0277. The van der Waals surface area contributed by atoms with Crippen LogP contribution in [0.15, 0.2) is 48.5 Å². The lowest BCUT2D eigenvalue weighted by Crippen LogP contribution is -2.28. The molecule has 7 nitrogen and oxygen atoms in total. The van der Waals surface area contributed by atoms with Crippen LogP contribution in [0.5, 0.6) is 0 Å². The Morgan fingerprint density at radius 1 is 1.14 bits per heavy atom. The van der Waals surface area contributed by atoms with E-state index in [4.69, 9.17) is 4.74 Å². The average molecular weight is 395 g/mol. The van der Waals surface area contributed by atoms with Crippen LogP contribution < -0.4 is 10.6 Å². The molecule has 152 valence electrons. The summed E-state index contributed by atoms with van der Waals surface area (Å²) in [4.78, 5) is 23.4. The first-order valence-electron chi connectivity index (χ1n) is 10.1. The van der Waals surface area contributed by atoms with Crippen molar-refractivity contribution in [2.75, 3.05) is 18.5 Å². The van der Waals surface area contributed by atoms with Gasteiger partial charge in [0.2, 0.25) is 0 Å². The SMILES string of the molecule is O=C(NC1CC1)c1ccc(NCC2CCCOC2c2ccccc2)c([N+](=O)[O-])c1. The summed E-state index contributed by atoms with van der Waals surface area (Å²) in [6.45, 7) is 1.29. The van der Waals surface area contributed by atoms with Crippen molar-refractivity contribution in [3.05, 3.63) is 69.8 Å². The molecule has 2 aliphatic rings. The molecule has 7 heteroatoms. The maximum absolute atomic E-state index is 12.2. The van der Waals surface area contributed by atoms with Gasteiger partial charge in [0.05, 0.1) is 11.0 Å². The lowest BCUT2D eigenvalue weighted by Gasteiger charge is -2.32. The number of hydrogen-bond donors (Lipinski definition) is 2. The fourth-order valence-corrected chi connectivity index (χ4v) is 3.77. The first-order valence-corrected chi connectivity index (χ1v) is 10.1. The second-order valence-electron chi connectivity index (χ2n) is 7.72. The molecule has 29 heavy (non-hydrogen) atoms. The number of carbonyl (C=O) groups is 1. The van der Waals surface area contributed by atoms with E-state index < -0.39 is 4.92 Å². The molecule has 2 unspecified atom stereocenters. The first-order chi connectivity index (χ1) is 14.1. The summed E-state index contributed by atoms with van der Waals surface area (Å²) in [5, 5.41) is 17.7. The number of hydrogen-bond acceptors (Lipinski definition) is 5. The minimum atomic E-state index is -0.442. The molecular formula is C22H25N3O4. The van der Waals surface area contributed by atoms with Gasteiger partial charge >= 0.3 is 0 Å². The number of anilines is 1. The van der Waals surface area contributed by atoms with Gasteiger partial charge in [-0.25, -0.2) is 0 Å². The van der Waals surface area contributed by atoms with E-state index in [1.165, 1.54) is 6.07 Å². The summed E-state index contributed by atoms with van der Waals surface area (Å²) in [6.07, 6.45) is 3.87. The maximum atomic E-state index is 12.2. The summed E-state index contributed by atoms with van der Waals surface area (Å²) >= 11 is 0. The van der Waals surface area contributed by atoms with Crippen LogP contribution in [-0.4, -0.2) is 30.0 Å². The number of ether oxygens (including phenoxy) is 1. The van der Waals surface area contributed by atoms with Gasteiger partial charge in [-0.3, -0.25) is 14.9 Å². The van der Waals surface area contributed by atoms with Crippen molar-refractivity contribution in [3.63, 3.8) is 0 Å². The predicted molar refractivity (Wildman–Crippen MR) is 110 cm³/mol. The van der Waals surface area contributed by atoms with Crippen LogP contribution in [0.2, 0.25) is 0 Å². The number of carbonyl (C=O) groups excluding carboxylic acids is 1. The lowest BCUT2D eigenvalue weighted by molar-refractivity contribution is -0.384. The Balaban J connectivity index is 1.47. The number of nitrogens with one attached hydrogen (secondary N) is 2. The van der Waals surface area contributed by atoms with Crippen molar-refractivity contribution in [2.24, 2.45) is 5.92 Å². The fraction of sp³-hybridized carbons (Fsp3) is 0.409. The Kier molecular flexibility index (Phi) is 5.76. The van der Waals surface area contributed by atoms with Crippen LogP contribution in [0.1, 0.15) is 47.7 Å². The zero-order valence-corrected chi connectivity index (χ0v) is 16.2. The zero-order valence-electron chi connectivity index (χ0n) is 16.2. The van der Waals surface area contributed by atoms with Crippen molar-refractivity contribution in [1.29, 1.82) is 0 Å². The molecular weight excluding hydrogens is 370 g/mol. The molecule has 2 aromatic carbocycles. The van der Waals surface area contributed by atoms with Crippen LogP contribution in [0, 0.1) is 16.0 Å². The van der Waals surface area contributed by atoms with Gasteiger partial charge in [0.15, 0.2) is 0 Å². The number of rotatable bonds is 7. The largest absolute Gasteiger partial charge is 0.379 e. The normalized spacial score (nSPS) is 21.4. The highest BCUT2D eigenvalue weighted by Gasteiger charge is 2.29. The van der Waals surface area contributed by atoms with Gasteiger partial charge in [0.1, 0.15) is 5.69 Å². The van der Waals surface area contributed by atoms with Gasteiger partial charge in [0, 0.05) is 36.7 Å². The van der Waals surface area contributed by atoms with Gasteiger partial charge in [-0.1, -0.05) is 30.3 Å². The van der Waals surface area contributed by atoms with E-state index in [2.05, 4.69) is 22.8 Å². The topological polar surface area (TPSA) is 93.5 Å². The molecule has 4 rings (SSSR count). The Hall–Kier alpha value is -2.93. The highest BCUT2D eigenvalue weighted by atomic mass is 16.6. The molecule has 1 saturated heterocycles. The molecule has 1 heterocycles. The van der Waals surface area contributed by atoms with Gasteiger partial charge in [0.25, 0.3) is 11.6 Å². The third-order valence-electron chi connectivity index (χ3n) is 5.50. The molecule has 1 aliphatic heterocycles. The molecule has 1 aliphatic carbocycles. The molecule has 2 aromatic rings. The Bertz CT molecular complexity index is 883. The first kappa shape index (κ1) is 19.4. The van der Waals surface area contributed by atoms with Crippen molar-refractivity contribution in [1.82, 2.24) is 5.32 Å². The summed E-state index contributed by atoms with van der Waals surface area (Å²) in [5.41, 5.74) is 1.79. The third kappa shape index (κ3) is 4.74. The highest BCUT2D eigenvalue weighted by molar-refractivity contribution is 5.96. The second kappa shape index (κ2) is 8.61. The molecule has 2 atom stereocenters. The highest BCUT2D eigenvalue weighted by Crippen LogP contribution is 2.35. The molecule has 1 amide bonds. The number of amides is 1. The number of nitro benzene ring substituents is 1. The van der Waals surface area contributed by atoms with Crippen molar-refractivity contribution in [2.45, 2.75) is 37.8 Å². The van der Waals surface area contributed by atoms with Gasteiger partial charge in [-0.15, -0.1) is 0 Å². The minimum Gasteiger partial charge on any atom is -0.379 e. The Morgan fingerprint density at radius 3 is 2.66 bits per heavy atom. The van der Waals surface area contributed by atoms with E-state index in [-0.39, 0.29) is 29.7 Å². The van der Waals surface area contributed by atoms with Crippen LogP contribution >= 0.6 is 0 Å². The van der Waals surface area contributed by atoms with Crippen LogP contribution in [-0.2, 0) is 4.74 Å². The summed E-state index contributed by atoms with van der Waals surface area (Å²) in [7, 11) is 0. The van der Waals surface area contributed by atoms with Gasteiger partial charge in [-0.2, -0.15) is 0 Å².